The van der Waals surface area contributed by atoms with Gasteiger partial charge in [-0.2, -0.15) is 0 Å². The Labute approximate surface area is 470 Å². The van der Waals surface area contributed by atoms with Gasteiger partial charge < -0.3 is 108 Å². The minimum Gasteiger partial charge on any atom is -0.508 e. The van der Waals surface area contributed by atoms with E-state index in [0.29, 0.717) is 5.56 Å². The molecule has 0 radical (unpaired) electrons. The zero-order valence-electron chi connectivity index (χ0n) is 45.5. The van der Waals surface area contributed by atoms with Crippen LogP contribution in [-0.4, -0.2) is 190 Å². The minimum atomic E-state index is -1.65. The van der Waals surface area contributed by atoms with Crippen molar-refractivity contribution in [3.63, 3.8) is 0 Å². The smallest absolute Gasteiger partial charge is 0.322 e. The number of phenolic OH excluding ortho intramolecular Hbond substituents is 1. The zero-order chi connectivity index (χ0) is 62.2. The first-order chi connectivity index (χ1) is 38.4. The number of nitrogens with zero attached hydrogens (tertiary/aromatic N) is 3. The number of carboxylic acids is 3. The molecule has 0 fully saturated rings. The van der Waals surface area contributed by atoms with E-state index in [1.165, 1.54) is 45.0 Å². The van der Waals surface area contributed by atoms with Crippen LogP contribution >= 0.6 is 0 Å². The highest BCUT2D eigenvalue weighted by Crippen LogP contribution is 2.13. The third-order valence-electron chi connectivity index (χ3n) is 11.4. The van der Waals surface area contributed by atoms with Crippen LogP contribution in [0.15, 0.2) is 39.2 Å². The second kappa shape index (κ2) is 36.6. The Bertz CT molecular complexity index is 2480. The largest absolute Gasteiger partial charge is 0.508 e. The number of carbonyl (C=O) groups excluding carboxylic acids is 9. The number of aromatic hydroxyl groups is 1. The van der Waals surface area contributed by atoms with Crippen molar-refractivity contribution in [1.29, 1.82) is 0 Å². The zero-order valence-corrected chi connectivity index (χ0v) is 45.5. The number of benzene rings is 1. The normalized spacial score (nSPS) is 14.0. The summed E-state index contributed by atoms with van der Waals surface area (Å²) in [4.78, 5) is 167. The summed E-state index contributed by atoms with van der Waals surface area (Å²) in [5, 5.41) is 58.8. The number of carboxylic acid groups (broad SMARTS) is 3. The summed E-state index contributed by atoms with van der Waals surface area (Å²) in [7, 11) is 0. The van der Waals surface area contributed by atoms with Gasteiger partial charge in [-0.05, 0) is 83.4 Å². The van der Waals surface area contributed by atoms with Crippen LogP contribution in [0.1, 0.15) is 84.1 Å². The standard InChI is InChI=1S/C47H77N19O16/c1-22(61-44(82)32(19-25-10-12-26(67)13-11-25)66-43(81)31(14-15-33(68)69)63-38(76)24(3)60-39(77)27(48)20-34(70)71)36(74)59-23(2)37(75)62-29(8-5-17-56-46(51)52)41(79)65-30(9-6-18-57-47(53)54)42(80)64-28(7-4-16-55-45(49)50)40(78)58-21-35(72)73/h10-13,22-24,27-32,67H,4-9,14-21,48H2,1-3H3,(H,58,78)(H,59,74)(H,60,77)(H,61,82)(H,62,75)(H,63,76)(H,64,80)(H,65,79)(H,66,81)(H,68,69)(H,70,71)(H,72,73)(H4,49,50,55)(H4,51,52,56)(H4,53,54,57)/t22-,23-,24-,27-,28-,29-,30-,31-,32-/m0/s1. The summed E-state index contributed by atoms with van der Waals surface area (Å²) in [5.41, 5.74) is 38.5. The van der Waals surface area contributed by atoms with Crippen LogP contribution in [0.25, 0.3) is 0 Å². The van der Waals surface area contributed by atoms with Gasteiger partial charge in [0.25, 0.3) is 0 Å². The summed E-state index contributed by atoms with van der Waals surface area (Å²) in [6.07, 6.45) is -2.40. The van der Waals surface area contributed by atoms with Gasteiger partial charge in [-0.1, -0.05) is 12.1 Å². The lowest BCUT2D eigenvalue weighted by atomic mass is 10.0. The molecule has 0 saturated heterocycles. The molecule has 0 aromatic heterocycles. The van der Waals surface area contributed by atoms with E-state index in [2.05, 4.69) is 62.8 Å². The SMILES string of the molecule is C[C@H](NC(=O)[C@H](C)NC(=O)[C@H](Cc1ccc(O)cc1)NC(=O)[C@H](CCC(=O)O)NC(=O)[C@H](C)NC(=O)[C@@H](N)CC(=O)O)C(=O)N[C@@H](CCCN=C(N)N)C(=O)N[C@@H](CCCN=C(N)N)C(=O)N[C@@H](CCCN=C(N)N)C(=O)NCC(=O)O. The molecular weight excluding hydrogens is 1090 g/mol. The number of hydrogen-bond acceptors (Lipinski definition) is 17. The van der Waals surface area contributed by atoms with Gasteiger partial charge in [-0.15, -0.1) is 0 Å². The van der Waals surface area contributed by atoms with E-state index in [-0.39, 0.29) is 88.2 Å². The summed E-state index contributed by atoms with van der Waals surface area (Å²) >= 11 is 0. The monoisotopic (exact) mass is 1160 g/mol. The van der Waals surface area contributed by atoms with Crippen molar-refractivity contribution in [2.24, 2.45) is 55.1 Å². The quantitative estimate of drug-likeness (QED) is 0.0166. The van der Waals surface area contributed by atoms with E-state index < -0.39 is 151 Å². The number of nitrogens with one attached hydrogen (secondary N) is 9. The summed E-state index contributed by atoms with van der Waals surface area (Å²) in [6.45, 7) is 2.82. The molecule has 27 N–H and O–H groups in total. The van der Waals surface area contributed by atoms with Crippen molar-refractivity contribution in [3.05, 3.63) is 29.8 Å². The molecule has 9 atom stereocenters. The molecular formula is C47H77N19O16. The van der Waals surface area contributed by atoms with Gasteiger partial charge in [0.1, 0.15) is 60.6 Å². The van der Waals surface area contributed by atoms with Crippen LogP contribution in [0.2, 0.25) is 0 Å². The highest BCUT2D eigenvalue weighted by atomic mass is 16.4. The maximum absolute atomic E-state index is 14.1. The van der Waals surface area contributed by atoms with Crippen LogP contribution in [-0.2, 0) is 64.0 Å². The second-order valence-electron chi connectivity index (χ2n) is 18.5. The average Bonchev–Trinajstić information content (AvgIpc) is 3.39. The number of aliphatic imine (C=N–C) groups is 3. The number of phenols is 1. The van der Waals surface area contributed by atoms with Gasteiger partial charge in [0.2, 0.25) is 53.2 Å². The van der Waals surface area contributed by atoms with Gasteiger partial charge in [0, 0.05) is 32.5 Å². The molecule has 0 bridgehead atoms. The van der Waals surface area contributed by atoms with E-state index in [9.17, 15) is 67.7 Å². The number of carbonyl (C=O) groups is 12. The van der Waals surface area contributed by atoms with Crippen molar-refractivity contribution in [3.8, 4) is 5.75 Å². The lowest BCUT2D eigenvalue weighted by Gasteiger charge is -2.27. The Hall–Kier alpha value is -9.57. The van der Waals surface area contributed by atoms with Gasteiger partial charge in [-0.3, -0.25) is 72.5 Å². The predicted molar refractivity (Wildman–Crippen MR) is 292 cm³/mol. The number of guanidine groups is 3. The first-order valence-electron chi connectivity index (χ1n) is 25.5. The number of nitrogens with two attached hydrogens (primary N) is 7. The van der Waals surface area contributed by atoms with Crippen molar-refractivity contribution in [1.82, 2.24) is 47.9 Å². The summed E-state index contributed by atoms with van der Waals surface area (Å²) in [6, 6.07) is -8.00. The van der Waals surface area contributed by atoms with E-state index in [4.69, 9.17) is 50.3 Å². The fraction of sp³-hybridized carbons (Fsp3) is 0.553. The van der Waals surface area contributed by atoms with Crippen molar-refractivity contribution >= 4 is 89.0 Å². The fourth-order valence-electron chi connectivity index (χ4n) is 7.08. The van der Waals surface area contributed by atoms with Gasteiger partial charge in [0.05, 0.1) is 12.5 Å². The van der Waals surface area contributed by atoms with Crippen LogP contribution in [0.5, 0.6) is 5.75 Å². The van der Waals surface area contributed by atoms with E-state index in [1.807, 2.05) is 0 Å². The van der Waals surface area contributed by atoms with Crippen molar-refractivity contribution in [2.75, 3.05) is 26.2 Å². The van der Waals surface area contributed by atoms with E-state index >= 15 is 0 Å². The Kier molecular flexibility index (Phi) is 31.4. The lowest BCUT2D eigenvalue weighted by molar-refractivity contribution is -0.140. The molecule has 0 spiro atoms. The van der Waals surface area contributed by atoms with Crippen LogP contribution in [0.4, 0.5) is 0 Å². The lowest BCUT2D eigenvalue weighted by Crippen LogP contribution is -2.60. The molecule has 456 valence electrons. The number of aliphatic carboxylic acids is 3. The Morgan fingerprint density at radius 2 is 0.780 bits per heavy atom. The Morgan fingerprint density at radius 3 is 1.17 bits per heavy atom. The van der Waals surface area contributed by atoms with Crippen LogP contribution in [0.3, 0.4) is 0 Å². The number of amides is 9. The molecule has 0 aliphatic heterocycles. The van der Waals surface area contributed by atoms with Gasteiger partial charge >= 0.3 is 17.9 Å². The first-order valence-corrected chi connectivity index (χ1v) is 25.5. The number of rotatable bonds is 38. The molecule has 35 nitrogen and oxygen atoms in total. The fourth-order valence-corrected chi connectivity index (χ4v) is 7.08. The highest BCUT2D eigenvalue weighted by molar-refractivity contribution is 5.98. The molecule has 35 heteroatoms. The van der Waals surface area contributed by atoms with E-state index in [1.54, 1.807) is 0 Å². The Morgan fingerprint density at radius 1 is 0.439 bits per heavy atom. The summed E-state index contributed by atoms with van der Waals surface area (Å²) < 4.78 is 0. The molecule has 0 aliphatic rings. The molecule has 1 aromatic carbocycles. The minimum absolute atomic E-state index is 0.0139. The van der Waals surface area contributed by atoms with Gasteiger partial charge in [0.15, 0.2) is 17.9 Å². The third kappa shape index (κ3) is 29.4. The maximum atomic E-state index is 14.1. The molecule has 0 aliphatic carbocycles. The molecule has 0 saturated carbocycles. The number of hydrogen-bond donors (Lipinski definition) is 20. The topological polar surface area (TPSA) is 613 Å². The average molecular weight is 1160 g/mol. The highest BCUT2D eigenvalue weighted by Gasteiger charge is 2.34. The molecule has 82 heavy (non-hydrogen) atoms. The van der Waals surface area contributed by atoms with Crippen LogP contribution in [0, 0.1) is 0 Å². The van der Waals surface area contributed by atoms with Crippen molar-refractivity contribution < 1.29 is 78.0 Å². The predicted octanol–water partition coefficient (Wildman–Crippen LogP) is -8.10. The Balaban J connectivity index is 3.44. The molecule has 1 rings (SSSR count). The van der Waals surface area contributed by atoms with Gasteiger partial charge in [-0.25, -0.2) is 0 Å². The molecule has 0 unspecified atom stereocenters. The summed E-state index contributed by atoms with van der Waals surface area (Å²) in [5.74, 6) is -13.9. The van der Waals surface area contributed by atoms with E-state index in [0.717, 1.165) is 0 Å². The second-order valence-corrected chi connectivity index (χ2v) is 18.5. The molecule has 0 heterocycles. The maximum Gasteiger partial charge on any atom is 0.322 e. The van der Waals surface area contributed by atoms with Crippen molar-refractivity contribution in [2.45, 2.75) is 139 Å². The molecule has 1 aromatic rings. The first kappa shape index (κ1) is 70.4. The third-order valence-corrected chi connectivity index (χ3v) is 11.4. The van der Waals surface area contributed by atoms with Crippen LogP contribution < -0.4 is 88.0 Å². The molecule has 9 amide bonds.